The average molecular weight is 465 g/mol. The van der Waals surface area contributed by atoms with E-state index in [1.807, 2.05) is 43.3 Å². The molecule has 1 fully saturated rings. The Balaban J connectivity index is 1.18. The number of anilines is 1. The number of likely N-dealkylation sites (tertiary alicyclic amines) is 1. The maximum absolute atomic E-state index is 12.8. The quantitative estimate of drug-likeness (QED) is 0.314. The van der Waals surface area contributed by atoms with Crippen LogP contribution in [0.4, 0.5) is 5.82 Å². The Morgan fingerprint density at radius 2 is 1.83 bits per heavy atom. The van der Waals surface area contributed by atoms with Crippen LogP contribution in [0.5, 0.6) is 0 Å². The number of carbonyl (C=O) groups is 1. The number of nitrogens with one attached hydrogen (secondary N) is 2. The average Bonchev–Trinajstić information content (AvgIpc) is 3.46. The number of rotatable bonds is 5. The van der Waals surface area contributed by atoms with Gasteiger partial charge in [0.1, 0.15) is 17.2 Å². The zero-order valence-electron chi connectivity index (χ0n) is 19.7. The fraction of sp³-hybridized carbons (Fsp3) is 0.250. The lowest BCUT2D eigenvalue weighted by Gasteiger charge is -2.31. The molecular weight excluding hydrogens is 436 g/mol. The van der Waals surface area contributed by atoms with E-state index < -0.39 is 0 Å². The molecule has 1 saturated heterocycles. The number of nitrogens with zero attached hydrogens (tertiary/aromatic N) is 3. The van der Waals surface area contributed by atoms with Crippen LogP contribution in [0.1, 0.15) is 34.6 Å². The summed E-state index contributed by atoms with van der Waals surface area (Å²) in [7, 11) is 0. The smallest absolute Gasteiger partial charge is 0.166 e. The molecule has 0 amide bonds. The first-order chi connectivity index (χ1) is 17.0. The number of aryl methyl sites for hydroxylation is 1. The van der Waals surface area contributed by atoms with E-state index in [1.165, 1.54) is 5.56 Å². The largest absolute Gasteiger partial charge is 0.384 e. The number of aromatic nitrogens is 4. The molecule has 4 heterocycles. The van der Waals surface area contributed by atoms with E-state index in [1.54, 1.807) is 0 Å². The lowest BCUT2D eigenvalue weighted by molar-refractivity contribution is 0.0835. The molecule has 0 bridgehead atoms. The molecule has 176 valence electrons. The summed E-state index contributed by atoms with van der Waals surface area (Å²) >= 11 is 0. The zero-order valence-corrected chi connectivity index (χ0v) is 19.7. The van der Waals surface area contributed by atoms with Crippen LogP contribution in [0.25, 0.3) is 33.3 Å². The lowest BCUT2D eigenvalue weighted by Crippen LogP contribution is -2.35. The predicted molar refractivity (Wildman–Crippen MR) is 139 cm³/mol. The summed E-state index contributed by atoms with van der Waals surface area (Å²) in [5, 5.41) is 1.16. The molecule has 0 saturated carbocycles. The molecule has 1 aliphatic heterocycles. The Labute approximate surface area is 203 Å². The number of aromatic amines is 2. The van der Waals surface area contributed by atoms with Crippen LogP contribution in [0.3, 0.4) is 0 Å². The number of hydrogen-bond acceptors (Lipinski definition) is 5. The van der Waals surface area contributed by atoms with Crippen molar-refractivity contribution in [3.63, 3.8) is 0 Å². The van der Waals surface area contributed by atoms with Crippen molar-refractivity contribution in [2.45, 2.75) is 26.3 Å². The van der Waals surface area contributed by atoms with Crippen LogP contribution in [0, 0.1) is 12.8 Å². The van der Waals surface area contributed by atoms with Crippen molar-refractivity contribution >= 4 is 33.7 Å². The van der Waals surface area contributed by atoms with Gasteiger partial charge in [-0.2, -0.15) is 0 Å². The number of ketones is 1. The molecule has 0 spiro atoms. The molecular formula is C28H28N6O. The number of imidazole rings is 1. The summed E-state index contributed by atoms with van der Waals surface area (Å²) in [5.74, 6) is 1.68. The highest BCUT2D eigenvalue weighted by Crippen LogP contribution is 2.31. The Kier molecular flexibility index (Phi) is 5.34. The van der Waals surface area contributed by atoms with E-state index in [-0.39, 0.29) is 11.7 Å². The monoisotopic (exact) mass is 464 g/mol. The van der Waals surface area contributed by atoms with Gasteiger partial charge in [-0.25, -0.2) is 9.97 Å². The van der Waals surface area contributed by atoms with Crippen molar-refractivity contribution in [1.82, 2.24) is 24.8 Å². The second-order valence-corrected chi connectivity index (χ2v) is 9.50. The number of pyridine rings is 1. The molecule has 5 aromatic rings. The number of carbonyl (C=O) groups excluding carboxylic acids is 1. The van der Waals surface area contributed by atoms with E-state index in [0.29, 0.717) is 11.5 Å². The summed E-state index contributed by atoms with van der Waals surface area (Å²) in [5.41, 5.74) is 12.7. The third-order valence-electron chi connectivity index (χ3n) is 6.99. The first-order valence-electron chi connectivity index (χ1n) is 12.1. The van der Waals surface area contributed by atoms with Crippen molar-refractivity contribution in [3.8, 4) is 11.3 Å². The van der Waals surface area contributed by atoms with Gasteiger partial charge in [0, 0.05) is 40.2 Å². The minimum Gasteiger partial charge on any atom is -0.384 e. The Hall–Kier alpha value is -3.97. The van der Waals surface area contributed by atoms with E-state index in [4.69, 9.17) is 5.73 Å². The van der Waals surface area contributed by atoms with Crippen molar-refractivity contribution in [3.05, 3.63) is 77.6 Å². The van der Waals surface area contributed by atoms with Gasteiger partial charge in [-0.05, 0) is 62.7 Å². The zero-order chi connectivity index (χ0) is 23.9. The first-order valence-corrected chi connectivity index (χ1v) is 12.1. The number of nitrogens with two attached hydrogens (primary N) is 1. The summed E-state index contributed by atoms with van der Waals surface area (Å²) in [6.45, 7) is 4.67. The number of hydrogen-bond donors (Lipinski definition) is 3. The Morgan fingerprint density at radius 3 is 2.63 bits per heavy atom. The third kappa shape index (κ3) is 4.19. The molecule has 3 aromatic heterocycles. The Bertz CT molecular complexity index is 1530. The van der Waals surface area contributed by atoms with Crippen LogP contribution < -0.4 is 5.73 Å². The number of nitrogen functional groups attached to an aromatic ring is 1. The molecule has 0 aliphatic carbocycles. The van der Waals surface area contributed by atoms with Crippen molar-refractivity contribution < 1.29 is 4.79 Å². The van der Waals surface area contributed by atoms with Gasteiger partial charge in [-0.3, -0.25) is 9.69 Å². The van der Waals surface area contributed by atoms with Gasteiger partial charge in [-0.1, -0.05) is 36.4 Å². The van der Waals surface area contributed by atoms with E-state index in [0.717, 1.165) is 71.5 Å². The maximum atomic E-state index is 12.8. The highest BCUT2D eigenvalue weighted by molar-refractivity contribution is 5.98. The summed E-state index contributed by atoms with van der Waals surface area (Å²) in [4.78, 5) is 30.9. The fourth-order valence-electron chi connectivity index (χ4n) is 5.21. The van der Waals surface area contributed by atoms with Gasteiger partial charge in [0.15, 0.2) is 11.4 Å². The highest BCUT2D eigenvalue weighted by Gasteiger charge is 2.25. The molecule has 4 N–H and O–H groups in total. The van der Waals surface area contributed by atoms with Gasteiger partial charge >= 0.3 is 0 Å². The maximum Gasteiger partial charge on any atom is 0.166 e. The molecule has 35 heavy (non-hydrogen) atoms. The van der Waals surface area contributed by atoms with Crippen LogP contribution in [-0.2, 0) is 6.54 Å². The fourth-order valence-corrected chi connectivity index (χ4v) is 5.21. The summed E-state index contributed by atoms with van der Waals surface area (Å²) in [6, 6.07) is 20.3. The van der Waals surface area contributed by atoms with Crippen molar-refractivity contribution in [1.29, 1.82) is 0 Å². The molecule has 6 rings (SSSR count). The molecule has 0 atom stereocenters. The minimum atomic E-state index is 0.124. The first kappa shape index (κ1) is 21.6. The topological polar surface area (TPSA) is 104 Å². The normalized spacial score (nSPS) is 15.2. The minimum absolute atomic E-state index is 0.124. The van der Waals surface area contributed by atoms with Gasteiger partial charge in [-0.15, -0.1) is 0 Å². The number of Topliss-reactive ketones (excluding diaryl/α,β-unsaturated/α-hetero) is 1. The van der Waals surface area contributed by atoms with Crippen LogP contribution in [0.15, 0.2) is 60.7 Å². The van der Waals surface area contributed by atoms with Crippen molar-refractivity contribution in [2.24, 2.45) is 5.92 Å². The number of piperidine rings is 1. The van der Waals surface area contributed by atoms with E-state index >= 15 is 0 Å². The number of H-pyrrole nitrogens is 2. The summed E-state index contributed by atoms with van der Waals surface area (Å²) < 4.78 is 0. The molecule has 7 heteroatoms. The van der Waals surface area contributed by atoms with Gasteiger partial charge in [0.25, 0.3) is 0 Å². The molecule has 1 aliphatic rings. The van der Waals surface area contributed by atoms with E-state index in [9.17, 15) is 4.79 Å². The molecule has 7 nitrogen and oxygen atoms in total. The molecule has 2 aromatic carbocycles. The second kappa shape index (κ2) is 8.67. The van der Waals surface area contributed by atoms with Crippen molar-refractivity contribution in [2.75, 3.05) is 18.8 Å². The highest BCUT2D eigenvalue weighted by atomic mass is 16.1. The van der Waals surface area contributed by atoms with E-state index in [2.05, 4.69) is 49.1 Å². The van der Waals surface area contributed by atoms with Gasteiger partial charge in [0.2, 0.25) is 0 Å². The van der Waals surface area contributed by atoms with Crippen LogP contribution >= 0.6 is 0 Å². The lowest BCUT2D eigenvalue weighted by atomic mass is 9.89. The number of benzene rings is 2. The van der Waals surface area contributed by atoms with Crippen LogP contribution in [-0.4, -0.2) is 43.7 Å². The standard InChI is InChI=1S/C28H28N6O/c1-17-30-26-22(15-25(29)33-28(26)31-17)24-14-21-13-18(7-8-23(21)32-24)16-34-11-9-20(10-12-34)27(35)19-5-3-2-4-6-19/h2-8,13-15,20,32H,9-12,16H2,1H3,(H3,29,30,31,33). The summed E-state index contributed by atoms with van der Waals surface area (Å²) in [6.07, 6.45) is 1.82. The Morgan fingerprint density at radius 1 is 1.03 bits per heavy atom. The predicted octanol–water partition coefficient (Wildman–Crippen LogP) is 5.09. The molecule has 0 radical (unpaired) electrons. The second-order valence-electron chi connectivity index (χ2n) is 9.50. The SMILES string of the molecule is Cc1nc2c(-c3cc4cc(CN5CCC(C(=O)c6ccccc6)CC5)ccc4[nH]3)cc(N)nc2[nH]1. The van der Waals surface area contributed by atoms with Gasteiger partial charge < -0.3 is 15.7 Å². The van der Waals surface area contributed by atoms with Gasteiger partial charge in [0.05, 0.1) is 0 Å². The molecule has 0 unspecified atom stereocenters. The number of fused-ring (bicyclic) bond motifs is 2. The van der Waals surface area contributed by atoms with Crippen LogP contribution in [0.2, 0.25) is 0 Å². The third-order valence-corrected chi connectivity index (χ3v) is 6.99.